The first kappa shape index (κ1) is 8.63. The van der Waals surface area contributed by atoms with Gasteiger partial charge in [-0.25, -0.2) is 4.39 Å². The molecule has 0 radical (unpaired) electrons. The summed E-state index contributed by atoms with van der Waals surface area (Å²) in [5, 5.41) is 0.946. The zero-order valence-corrected chi connectivity index (χ0v) is 8.60. The van der Waals surface area contributed by atoms with Crippen LogP contribution in [0.15, 0.2) is 28.9 Å². The fourth-order valence-electron chi connectivity index (χ4n) is 1.24. The molecule has 0 bridgehead atoms. The standard InChI is InChI=1S/C10H7BrFN/c1-6-4-7-8(11)2-3-13-10(7)5-9(6)12/h2-5H,1H3. The quantitative estimate of drug-likeness (QED) is 0.687. The van der Waals surface area contributed by atoms with Crippen molar-refractivity contribution in [2.24, 2.45) is 0 Å². The van der Waals surface area contributed by atoms with Gasteiger partial charge in [-0.05, 0) is 24.6 Å². The van der Waals surface area contributed by atoms with E-state index in [1.54, 1.807) is 19.2 Å². The van der Waals surface area contributed by atoms with Gasteiger partial charge in [0.1, 0.15) is 5.82 Å². The van der Waals surface area contributed by atoms with Crippen molar-refractivity contribution in [3.05, 3.63) is 40.2 Å². The predicted molar refractivity (Wildman–Crippen MR) is 54.1 cm³/mol. The third-order valence-corrected chi connectivity index (χ3v) is 2.66. The largest absolute Gasteiger partial charge is 0.256 e. The molecule has 0 unspecified atom stereocenters. The maximum absolute atomic E-state index is 13.1. The number of fused-ring (bicyclic) bond motifs is 1. The highest BCUT2D eigenvalue weighted by atomic mass is 79.9. The van der Waals surface area contributed by atoms with Gasteiger partial charge in [0.05, 0.1) is 5.52 Å². The molecule has 0 saturated heterocycles. The molecule has 0 atom stereocenters. The van der Waals surface area contributed by atoms with Crippen LogP contribution in [0, 0.1) is 12.7 Å². The third kappa shape index (κ3) is 1.44. The van der Waals surface area contributed by atoms with Crippen LogP contribution in [-0.2, 0) is 0 Å². The highest BCUT2D eigenvalue weighted by Crippen LogP contribution is 2.24. The number of pyridine rings is 1. The van der Waals surface area contributed by atoms with Crippen LogP contribution in [-0.4, -0.2) is 4.98 Å². The summed E-state index contributed by atoms with van der Waals surface area (Å²) in [5.74, 6) is -0.210. The Balaban J connectivity index is 2.89. The third-order valence-electron chi connectivity index (χ3n) is 1.97. The van der Waals surface area contributed by atoms with Gasteiger partial charge in [-0.15, -0.1) is 0 Å². The topological polar surface area (TPSA) is 12.9 Å². The summed E-state index contributed by atoms with van der Waals surface area (Å²) in [4.78, 5) is 4.07. The Morgan fingerprint density at radius 2 is 2.15 bits per heavy atom. The first-order valence-electron chi connectivity index (χ1n) is 3.89. The Morgan fingerprint density at radius 1 is 1.38 bits per heavy atom. The second-order valence-corrected chi connectivity index (χ2v) is 3.77. The maximum atomic E-state index is 13.1. The fourth-order valence-corrected chi connectivity index (χ4v) is 1.68. The molecule has 1 aromatic carbocycles. The van der Waals surface area contributed by atoms with E-state index in [0.717, 1.165) is 9.86 Å². The van der Waals surface area contributed by atoms with E-state index in [-0.39, 0.29) is 5.82 Å². The van der Waals surface area contributed by atoms with E-state index in [0.29, 0.717) is 11.1 Å². The Kier molecular flexibility index (Phi) is 2.04. The molecule has 1 nitrogen and oxygen atoms in total. The monoisotopic (exact) mass is 239 g/mol. The Morgan fingerprint density at radius 3 is 2.92 bits per heavy atom. The van der Waals surface area contributed by atoms with Crippen LogP contribution in [0.2, 0.25) is 0 Å². The normalized spacial score (nSPS) is 10.7. The molecular weight excluding hydrogens is 233 g/mol. The van der Waals surface area contributed by atoms with Gasteiger partial charge < -0.3 is 0 Å². The van der Waals surface area contributed by atoms with Crippen LogP contribution in [0.4, 0.5) is 4.39 Å². The highest BCUT2D eigenvalue weighted by molar-refractivity contribution is 9.10. The van der Waals surface area contributed by atoms with Gasteiger partial charge >= 0.3 is 0 Å². The summed E-state index contributed by atoms with van der Waals surface area (Å²) < 4.78 is 14.1. The van der Waals surface area contributed by atoms with Crippen molar-refractivity contribution in [3.8, 4) is 0 Å². The number of benzene rings is 1. The Bertz CT molecular complexity index is 468. The van der Waals surface area contributed by atoms with Crippen LogP contribution < -0.4 is 0 Å². The van der Waals surface area contributed by atoms with Crippen LogP contribution in [0.3, 0.4) is 0 Å². The lowest BCUT2D eigenvalue weighted by atomic mass is 10.1. The van der Waals surface area contributed by atoms with Gasteiger partial charge in [-0.2, -0.15) is 0 Å². The molecule has 0 N–H and O–H groups in total. The first-order chi connectivity index (χ1) is 6.18. The summed E-state index contributed by atoms with van der Waals surface area (Å²) in [5.41, 5.74) is 1.32. The van der Waals surface area contributed by atoms with Crippen molar-refractivity contribution >= 4 is 26.8 Å². The van der Waals surface area contributed by atoms with Crippen LogP contribution in [0.5, 0.6) is 0 Å². The second-order valence-electron chi connectivity index (χ2n) is 2.91. The van der Waals surface area contributed by atoms with E-state index >= 15 is 0 Å². The molecule has 66 valence electrons. The average Bonchev–Trinajstić information content (AvgIpc) is 2.09. The van der Waals surface area contributed by atoms with Gasteiger partial charge in [0, 0.05) is 22.1 Å². The molecule has 0 aliphatic heterocycles. The zero-order valence-electron chi connectivity index (χ0n) is 7.01. The molecule has 2 rings (SSSR count). The lowest BCUT2D eigenvalue weighted by Gasteiger charge is -2.01. The molecule has 1 heterocycles. The molecule has 0 spiro atoms. The predicted octanol–water partition coefficient (Wildman–Crippen LogP) is 3.44. The number of halogens is 2. The molecule has 3 heteroatoms. The van der Waals surface area contributed by atoms with Crippen molar-refractivity contribution < 1.29 is 4.39 Å². The lowest BCUT2D eigenvalue weighted by Crippen LogP contribution is -1.85. The Hall–Kier alpha value is -0.960. The van der Waals surface area contributed by atoms with Crippen LogP contribution in [0.25, 0.3) is 10.9 Å². The number of aromatic nitrogens is 1. The summed E-state index contributed by atoms with van der Waals surface area (Å²) in [6, 6.07) is 5.09. The highest BCUT2D eigenvalue weighted by Gasteiger charge is 2.03. The molecule has 1 aromatic heterocycles. The molecule has 0 aliphatic rings. The van der Waals surface area contributed by atoms with Gasteiger partial charge in [0.15, 0.2) is 0 Å². The van der Waals surface area contributed by atoms with Crippen molar-refractivity contribution in [3.63, 3.8) is 0 Å². The maximum Gasteiger partial charge on any atom is 0.128 e. The molecule has 0 aliphatic carbocycles. The van der Waals surface area contributed by atoms with Crippen LogP contribution >= 0.6 is 15.9 Å². The number of hydrogen-bond acceptors (Lipinski definition) is 1. The minimum atomic E-state index is -0.210. The van der Waals surface area contributed by atoms with E-state index in [9.17, 15) is 4.39 Å². The fraction of sp³-hybridized carbons (Fsp3) is 0.100. The summed E-state index contributed by atoms with van der Waals surface area (Å²) >= 11 is 3.39. The van der Waals surface area contributed by atoms with E-state index in [1.165, 1.54) is 6.07 Å². The van der Waals surface area contributed by atoms with Crippen molar-refractivity contribution in [2.75, 3.05) is 0 Å². The molecule has 0 fully saturated rings. The zero-order chi connectivity index (χ0) is 9.42. The number of hydrogen-bond donors (Lipinski definition) is 0. The van der Waals surface area contributed by atoms with E-state index < -0.39 is 0 Å². The van der Waals surface area contributed by atoms with E-state index in [4.69, 9.17) is 0 Å². The van der Waals surface area contributed by atoms with E-state index in [1.807, 2.05) is 6.07 Å². The molecule has 0 saturated carbocycles. The van der Waals surface area contributed by atoms with Crippen molar-refractivity contribution in [1.82, 2.24) is 4.98 Å². The minimum Gasteiger partial charge on any atom is -0.256 e. The Labute approximate surface area is 83.7 Å². The van der Waals surface area contributed by atoms with Crippen LogP contribution in [0.1, 0.15) is 5.56 Å². The first-order valence-corrected chi connectivity index (χ1v) is 4.68. The average molecular weight is 240 g/mol. The molecule has 0 amide bonds. The van der Waals surface area contributed by atoms with E-state index in [2.05, 4.69) is 20.9 Å². The molecule has 2 aromatic rings. The van der Waals surface area contributed by atoms with Gasteiger partial charge in [0.2, 0.25) is 0 Å². The van der Waals surface area contributed by atoms with Gasteiger partial charge in [0.25, 0.3) is 0 Å². The lowest BCUT2D eigenvalue weighted by molar-refractivity contribution is 0.620. The number of rotatable bonds is 0. The summed E-state index contributed by atoms with van der Waals surface area (Å²) in [6.07, 6.45) is 1.65. The SMILES string of the molecule is Cc1cc2c(Br)ccnc2cc1F. The van der Waals surface area contributed by atoms with Crippen molar-refractivity contribution in [2.45, 2.75) is 6.92 Å². The minimum absolute atomic E-state index is 0.210. The molecule has 13 heavy (non-hydrogen) atoms. The summed E-state index contributed by atoms with van der Waals surface area (Å²) in [6.45, 7) is 1.74. The smallest absolute Gasteiger partial charge is 0.128 e. The molecular formula is C10H7BrFN. The van der Waals surface area contributed by atoms with Gasteiger partial charge in [-0.1, -0.05) is 15.9 Å². The number of aryl methyl sites for hydroxylation is 1. The number of nitrogens with zero attached hydrogens (tertiary/aromatic N) is 1. The van der Waals surface area contributed by atoms with Gasteiger partial charge in [-0.3, -0.25) is 4.98 Å². The van der Waals surface area contributed by atoms with Crippen molar-refractivity contribution in [1.29, 1.82) is 0 Å². The summed E-state index contributed by atoms with van der Waals surface area (Å²) in [7, 11) is 0. The second kappa shape index (κ2) is 3.07.